The summed E-state index contributed by atoms with van der Waals surface area (Å²) in [4.78, 5) is 6.46. The van der Waals surface area contributed by atoms with Gasteiger partial charge in [-0.05, 0) is 37.4 Å². The third-order valence-corrected chi connectivity index (χ3v) is 4.84. The summed E-state index contributed by atoms with van der Waals surface area (Å²) in [5.74, 6) is 0.229. The van der Waals surface area contributed by atoms with Crippen LogP contribution in [-0.2, 0) is 11.3 Å². The molecule has 2 aliphatic heterocycles. The van der Waals surface area contributed by atoms with Crippen LogP contribution in [-0.4, -0.2) is 46.9 Å². The van der Waals surface area contributed by atoms with E-state index in [2.05, 4.69) is 9.88 Å². The smallest absolute Gasteiger partial charge is 0.0634 e. The van der Waals surface area contributed by atoms with Crippen LogP contribution in [0.5, 0.6) is 0 Å². The van der Waals surface area contributed by atoms with E-state index in [1.54, 1.807) is 12.4 Å². The van der Waals surface area contributed by atoms with Gasteiger partial charge in [0, 0.05) is 37.5 Å². The summed E-state index contributed by atoms with van der Waals surface area (Å²) in [5.41, 5.74) is 1.11. The molecule has 3 atom stereocenters. The SMILES string of the molecule is O[C@@H]1CCOC[C@@H]1[C@H]1CCCN1Cc1ccncc1Cl. The standard InChI is InChI=1S/C15H21ClN2O2/c16-13-8-17-5-3-11(13)9-18-6-1-2-14(18)12-10-20-7-4-15(12)19/h3,5,8,12,14-15,19H,1-2,4,6-7,9-10H2/t12-,14-,15-/m1/s1. The van der Waals surface area contributed by atoms with Gasteiger partial charge in [0.25, 0.3) is 0 Å². The minimum absolute atomic E-state index is 0.229. The zero-order valence-electron chi connectivity index (χ0n) is 11.5. The average Bonchev–Trinajstić information content (AvgIpc) is 2.90. The van der Waals surface area contributed by atoms with Crippen molar-refractivity contribution in [1.29, 1.82) is 0 Å². The number of aliphatic hydroxyl groups is 1. The average molecular weight is 297 g/mol. The molecule has 2 fully saturated rings. The fraction of sp³-hybridized carbons (Fsp3) is 0.667. The van der Waals surface area contributed by atoms with Crippen molar-refractivity contribution >= 4 is 11.6 Å². The summed E-state index contributed by atoms with van der Waals surface area (Å²) in [6, 6.07) is 2.38. The minimum Gasteiger partial charge on any atom is -0.393 e. The molecule has 5 heteroatoms. The van der Waals surface area contributed by atoms with Crippen molar-refractivity contribution in [2.24, 2.45) is 5.92 Å². The highest BCUT2D eigenvalue weighted by molar-refractivity contribution is 6.31. The van der Waals surface area contributed by atoms with Crippen molar-refractivity contribution in [2.75, 3.05) is 19.8 Å². The van der Waals surface area contributed by atoms with Gasteiger partial charge in [-0.2, -0.15) is 0 Å². The Balaban J connectivity index is 1.71. The first kappa shape index (κ1) is 14.3. The molecule has 0 radical (unpaired) electrons. The molecular weight excluding hydrogens is 276 g/mol. The minimum atomic E-state index is -0.234. The van der Waals surface area contributed by atoms with Crippen LogP contribution in [0.3, 0.4) is 0 Å². The van der Waals surface area contributed by atoms with E-state index in [-0.39, 0.29) is 12.0 Å². The van der Waals surface area contributed by atoms with Gasteiger partial charge in [-0.1, -0.05) is 11.6 Å². The fourth-order valence-corrected chi connectivity index (χ4v) is 3.58. The summed E-state index contributed by atoms with van der Waals surface area (Å²) < 4.78 is 5.56. The molecule has 110 valence electrons. The molecule has 0 aliphatic carbocycles. The van der Waals surface area contributed by atoms with Crippen LogP contribution < -0.4 is 0 Å². The molecule has 0 spiro atoms. The van der Waals surface area contributed by atoms with Crippen molar-refractivity contribution in [3.8, 4) is 0 Å². The van der Waals surface area contributed by atoms with E-state index in [0.717, 1.165) is 36.5 Å². The summed E-state index contributed by atoms with van der Waals surface area (Å²) >= 11 is 6.20. The molecule has 1 N–H and O–H groups in total. The molecule has 3 heterocycles. The highest BCUT2D eigenvalue weighted by atomic mass is 35.5. The molecule has 20 heavy (non-hydrogen) atoms. The third-order valence-electron chi connectivity index (χ3n) is 4.50. The van der Waals surface area contributed by atoms with Gasteiger partial charge >= 0.3 is 0 Å². The van der Waals surface area contributed by atoms with Crippen molar-refractivity contribution in [1.82, 2.24) is 9.88 Å². The van der Waals surface area contributed by atoms with Gasteiger partial charge < -0.3 is 9.84 Å². The van der Waals surface area contributed by atoms with Crippen LogP contribution in [0.1, 0.15) is 24.8 Å². The van der Waals surface area contributed by atoms with Crippen LogP contribution in [0.4, 0.5) is 0 Å². The highest BCUT2D eigenvalue weighted by Crippen LogP contribution is 2.31. The second kappa shape index (κ2) is 6.39. The summed E-state index contributed by atoms with van der Waals surface area (Å²) in [6.45, 7) is 3.24. The van der Waals surface area contributed by atoms with Gasteiger partial charge in [-0.3, -0.25) is 9.88 Å². The van der Waals surface area contributed by atoms with Gasteiger partial charge in [0.2, 0.25) is 0 Å². The molecule has 4 nitrogen and oxygen atoms in total. The second-order valence-electron chi connectivity index (χ2n) is 5.74. The fourth-order valence-electron chi connectivity index (χ4n) is 3.40. The first-order valence-corrected chi connectivity index (χ1v) is 7.72. The first-order valence-electron chi connectivity index (χ1n) is 7.34. The normalized spacial score (nSPS) is 31.6. The van der Waals surface area contributed by atoms with E-state index in [0.29, 0.717) is 19.3 Å². The number of halogens is 1. The zero-order valence-corrected chi connectivity index (χ0v) is 12.3. The summed E-state index contributed by atoms with van der Waals surface area (Å²) in [6.07, 6.45) is 6.31. The monoisotopic (exact) mass is 296 g/mol. The summed E-state index contributed by atoms with van der Waals surface area (Å²) in [7, 11) is 0. The van der Waals surface area contributed by atoms with Crippen LogP contribution in [0.15, 0.2) is 18.5 Å². The van der Waals surface area contributed by atoms with Gasteiger partial charge in [0.05, 0.1) is 17.7 Å². The molecule has 3 rings (SSSR count). The predicted molar refractivity (Wildman–Crippen MR) is 77.6 cm³/mol. The van der Waals surface area contributed by atoms with E-state index < -0.39 is 0 Å². The van der Waals surface area contributed by atoms with Gasteiger partial charge in [0.15, 0.2) is 0 Å². The van der Waals surface area contributed by atoms with Gasteiger partial charge in [-0.15, -0.1) is 0 Å². The number of rotatable bonds is 3. The van der Waals surface area contributed by atoms with E-state index in [4.69, 9.17) is 16.3 Å². The maximum Gasteiger partial charge on any atom is 0.0634 e. The molecule has 2 saturated heterocycles. The maximum atomic E-state index is 10.2. The van der Waals surface area contributed by atoms with E-state index in [9.17, 15) is 5.11 Å². The number of ether oxygens (including phenoxy) is 1. The Bertz CT molecular complexity index is 457. The molecule has 1 aromatic rings. The molecule has 0 bridgehead atoms. The Morgan fingerprint density at radius 2 is 2.35 bits per heavy atom. The predicted octanol–water partition coefficient (Wildman–Crippen LogP) is 2.10. The largest absolute Gasteiger partial charge is 0.393 e. The first-order chi connectivity index (χ1) is 9.75. The Labute approximate surface area is 124 Å². The van der Waals surface area contributed by atoms with Crippen LogP contribution in [0.2, 0.25) is 5.02 Å². The Kier molecular flexibility index (Phi) is 4.56. The van der Waals surface area contributed by atoms with Gasteiger partial charge in [0.1, 0.15) is 0 Å². The number of aromatic nitrogens is 1. The molecular formula is C15H21ClN2O2. The highest BCUT2D eigenvalue weighted by Gasteiger charge is 2.37. The second-order valence-corrected chi connectivity index (χ2v) is 6.15. The Morgan fingerprint density at radius 1 is 1.45 bits per heavy atom. The zero-order chi connectivity index (χ0) is 13.9. The molecule has 0 unspecified atom stereocenters. The lowest BCUT2D eigenvalue weighted by Gasteiger charge is -2.37. The lowest BCUT2D eigenvalue weighted by atomic mass is 9.89. The van der Waals surface area contributed by atoms with E-state index >= 15 is 0 Å². The summed E-state index contributed by atoms with van der Waals surface area (Å²) in [5, 5.41) is 10.9. The third kappa shape index (κ3) is 2.98. The Hall–Kier alpha value is -0.680. The van der Waals surface area contributed by atoms with Crippen molar-refractivity contribution in [3.05, 3.63) is 29.0 Å². The van der Waals surface area contributed by atoms with Crippen LogP contribution in [0.25, 0.3) is 0 Å². The van der Waals surface area contributed by atoms with Crippen molar-refractivity contribution < 1.29 is 9.84 Å². The molecule has 2 aliphatic rings. The van der Waals surface area contributed by atoms with Gasteiger partial charge in [-0.25, -0.2) is 0 Å². The topological polar surface area (TPSA) is 45.6 Å². The van der Waals surface area contributed by atoms with Crippen LogP contribution in [0, 0.1) is 5.92 Å². The molecule has 0 aromatic carbocycles. The molecule has 0 amide bonds. The molecule has 1 aromatic heterocycles. The lowest BCUT2D eigenvalue weighted by Crippen LogP contribution is -2.45. The number of hydrogen-bond donors (Lipinski definition) is 1. The number of likely N-dealkylation sites (tertiary alicyclic amines) is 1. The van der Waals surface area contributed by atoms with E-state index in [1.807, 2.05) is 6.07 Å². The number of pyridine rings is 1. The number of hydrogen-bond acceptors (Lipinski definition) is 4. The molecule has 0 saturated carbocycles. The van der Waals surface area contributed by atoms with Crippen LogP contribution >= 0.6 is 11.6 Å². The maximum absolute atomic E-state index is 10.2. The number of nitrogens with zero attached hydrogens (tertiary/aromatic N) is 2. The van der Waals surface area contributed by atoms with Crippen molar-refractivity contribution in [3.63, 3.8) is 0 Å². The van der Waals surface area contributed by atoms with E-state index in [1.165, 1.54) is 6.42 Å². The number of aliphatic hydroxyl groups excluding tert-OH is 1. The quantitative estimate of drug-likeness (QED) is 0.928. The lowest BCUT2D eigenvalue weighted by molar-refractivity contribution is -0.0636. The van der Waals surface area contributed by atoms with Crippen molar-refractivity contribution in [2.45, 2.75) is 38.0 Å². The Morgan fingerprint density at radius 3 is 3.15 bits per heavy atom.